The number of phenolic OH excluding ortho intramolecular Hbond substituents is 1. The summed E-state index contributed by atoms with van der Waals surface area (Å²) in [5.41, 5.74) is 0.0276. The SMILES string of the molecule is CCOC(=O)CCNC(=O)C(c1cccc(C)c1O)N(C(=O)C(CCSC)NC(=O)OC(C)(C)C)C(C)CC. The fourth-order valence-corrected chi connectivity index (χ4v) is 4.33. The van der Waals surface area contributed by atoms with Crippen molar-refractivity contribution in [1.82, 2.24) is 15.5 Å². The molecule has 3 unspecified atom stereocenters. The summed E-state index contributed by atoms with van der Waals surface area (Å²) in [6, 6.07) is 2.38. The highest BCUT2D eigenvalue weighted by atomic mass is 32.2. The first kappa shape index (κ1) is 34.1. The van der Waals surface area contributed by atoms with E-state index in [1.807, 2.05) is 20.1 Å². The first-order valence-corrected chi connectivity index (χ1v) is 14.7. The predicted molar refractivity (Wildman–Crippen MR) is 153 cm³/mol. The number of nitrogens with one attached hydrogen (secondary N) is 2. The van der Waals surface area contributed by atoms with Crippen molar-refractivity contribution in [2.24, 2.45) is 0 Å². The van der Waals surface area contributed by atoms with E-state index in [1.165, 1.54) is 16.7 Å². The van der Waals surface area contributed by atoms with Crippen LogP contribution in [0.5, 0.6) is 5.75 Å². The number of alkyl carbamates (subject to hydrolysis) is 1. The highest BCUT2D eigenvalue weighted by Crippen LogP contribution is 2.34. The molecule has 0 fully saturated rings. The molecule has 3 atom stereocenters. The highest BCUT2D eigenvalue weighted by Gasteiger charge is 2.39. The quantitative estimate of drug-likeness (QED) is 0.286. The molecule has 0 heterocycles. The maximum absolute atomic E-state index is 14.1. The van der Waals surface area contributed by atoms with Gasteiger partial charge in [-0.3, -0.25) is 14.4 Å². The molecule has 1 aromatic rings. The fraction of sp³-hybridized carbons (Fsp3) is 0.643. The second-order valence-electron chi connectivity index (χ2n) is 10.2. The number of thioether (sulfide) groups is 1. The van der Waals surface area contributed by atoms with Gasteiger partial charge in [-0.25, -0.2) is 4.79 Å². The van der Waals surface area contributed by atoms with Gasteiger partial charge in [0, 0.05) is 18.2 Å². The number of ether oxygens (including phenoxy) is 2. The molecule has 39 heavy (non-hydrogen) atoms. The van der Waals surface area contributed by atoms with E-state index in [0.717, 1.165) is 0 Å². The van der Waals surface area contributed by atoms with Crippen LogP contribution in [0.4, 0.5) is 4.79 Å². The third-order valence-corrected chi connectivity index (χ3v) is 6.59. The first-order valence-electron chi connectivity index (χ1n) is 13.3. The number of phenols is 1. The summed E-state index contributed by atoms with van der Waals surface area (Å²) in [5, 5.41) is 16.4. The number of carbonyl (C=O) groups excluding carboxylic acids is 4. The van der Waals surface area contributed by atoms with Gasteiger partial charge < -0.3 is 30.1 Å². The standard InChI is InChI=1S/C28H45N3O7S/c1-9-19(4)31(26(35)21(15-17-39-8)30-27(36)38-28(5,6)7)23(20-13-11-12-18(3)24(20)33)25(34)29-16-14-22(32)37-10-2/h11-13,19,21,23,33H,9-10,14-17H2,1-8H3,(H,29,34)(H,30,36). The van der Waals surface area contributed by atoms with Crippen LogP contribution in [0.25, 0.3) is 0 Å². The van der Waals surface area contributed by atoms with Gasteiger partial charge in [-0.15, -0.1) is 0 Å². The van der Waals surface area contributed by atoms with Crippen LogP contribution in [0.1, 0.15) is 78.0 Å². The number of para-hydroxylation sites is 1. The highest BCUT2D eigenvalue weighted by molar-refractivity contribution is 7.98. The lowest BCUT2D eigenvalue weighted by molar-refractivity contribution is -0.146. The third kappa shape index (κ3) is 11.0. The van der Waals surface area contributed by atoms with E-state index in [-0.39, 0.29) is 30.9 Å². The molecule has 1 rings (SSSR count). The van der Waals surface area contributed by atoms with Gasteiger partial charge in [-0.05, 0) is 72.0 Å². The van der Waals surface area contributed by atoms with Crippen LogP contribution in [-0.2, 0) is 23.9 Å². The Balaban J connectivity index is 3.51. The number of nitrogens with zero attached hydrogens (tertiary/aromatic N) is 1. The van der Waals surface area contributed by atoms with E-state index in [0.29, 0.717) is 24.2 Å². The van der Waals surface area contributed by atoms with Crippen molar-refractivity contribution in [3.63, 3.8) is 0 Å². The number of rotatable bonds is 14. The molecule has 0 aliphatic carbocycles. The lowest BCUT2D eigenvalue weighted by Crippen LogP contribution is -2.55. The molecule has 0 saturated carbocycles. The first-order chi connectivity index (χ1) is 18.3. The maximum Gasteiger partial charge on any atom is 0.408 e. The van der Waals surface area contributed by atoms with E-state index >= 15 is 0 Å². The Morgan fingerprint density at radius 2 is 1.82 bits per heavy atom. The maximum atomic E-state index is 14.1. The molecule has 0 radical (unpaired) electrons. The normalized spacial score (nSPS) is 13.5. The number of aromatic hydroxyl groups is 1. The Morgan fingerprint density at radius 1 is 1.15 bits per heavy atom. The predicted octanol–water partition coefficient (Wildman–Crippen LogP) is 4.08. The van der Waals surface area contributed by atoms with Crippen molar-refractivity contribution in [3.05, 3.63) is 29.3 Å². The zero-order valence-electron chi connectivity index (χ0n) is 24.5. The van der Waals surface area contributed by atoms with Gasteiger partial charge in [0.15, 0.2) is 0 Å². The Morgan fingerprint density at radius 3 is 2.38 bits per heavy atom. The minimum Gasteiger partial charge on any atom is -0.507 e. The molecule has 11 heteroatoms. The van der Waals surface area contributed by atoms with Crippen LogP contribution < -0.4 is 10.6 Å². The average Bonchev–Trinajstić information content (AvgIpc) is 2.85. The average molecular weight is 568 g/mol. The number of carbonyl (C=O) groups is 4. The zero-order chi connectivity index (χ0) is 29.8. The van der Waals surface area contributed by atoms with Crippen molar-refractivity contribution in [1.29, 1.82) is 0 Å². The largest absolute Gasteiger partial charge is 0.507 e. The molecule has 0 aliphatic heterocycles. The number of amides is 3. The lowest BCUT2D eigenvalue weighted by atomic mass is 9.97. The molecule has 0 bridgehead atoms. The topological polar surface area (TPSA) is 134 Å². The van der Waals surface area contributed by atoms with Crippen LogP contribution in [0.15, 0.2) is 18.2 Å². The summed E-state index contributed by atoms with van der Waals surface area (Å²) >= 11 is 1.52. The fourth-order valence-electron chi connectivity index (χ4n) is 3.86. The van der Waals surface area contributed by atoms with Crippen molar-refractivity contribution in [3.8, 4) is 5.75 Å². The summed E-state index contributed by atoms with van der Waals surface area (Å²) < 4.78 is 10.3. The van der Waals surface area contributed by atoms with Crippen LogP contribution in [0, 0.1) is 6.92 Å². The number of hydrogen-bond donors (Lipinski definition) is 3. The van der Waals surface area contributed by atoms with Crippen molar-refractivity contribution >= 4 is 35.6 Å². The Bertz CT molecular complexity index is 980. The molecule has 0 spiro atoms. The summed E-state index contributed by atoms with van der Waals surface area (Å²) in [4.78, 5) is 53.7. The van der Waals surface area contributed by atoms with Gasteiger partial charge in [0.25, 0.3) is 0 Å². The second-order valence-corrected chi connectivity index (χ2v) is 11.2. The van der Waals surface area contributed by atoms with E-state index in [4.69, 9.17) is 9.47 Å². The van der Waals surface area contributed by atoms with Crippen LogP contribution in [-0.4, -0.2) is 76.7 Å². The number of hydrogen-bond acceptors (Lipinski definition) is 8. The monoisotopic (exact) mass is 567 g/mol. The zero-order valence-corrected chi connectivity index (χ0v) is 25.3. The molecular weight excluding hydrogens is 522 g/mol. The van der Waals surface area contributed by atoms with Crippen LogP contribution in [0.2, 0.25) is 0 Å². The summed E-state index contributed by atoms with van der Waals surface area (Å²) in [6.07, 6.45) is 1.93. The second kappa shape index (κ2) is 16.2. The van der Waals surface area contributed by atoms with Gasteiger partial charge in [-0.1, -0.05) is 25.1 Å². The van der Waals surface area contributed by atoms with E-state index in [2.05, 4.69) is 10.6 Å². The molecule has 220 valence electrons. The molecule has 1 aromatic carbocycles. The minimum atomic E-state index is -1.22. The molecule has 3 amide bonds. The smallest absolute Gasteiger partial charge is 0.408 e. The van der Waals surface area contributed by atoms with Gasteiger partial charge in [0.05, 0.1) is 13.0 Å². The molecular formula is C28H45N3O7S. The van der Waals surface area contributed by atoms with Gasteiger partial charge >= 0.3 is 12.1 Å². The Hall–Kier alpha value is -2.95. The van der Waals surface area contributed by atoms with E-state index < -0.39 is 47.6 Å². The van der Waals surface area contributed by atoms with E-state index in [9.17, 15) is 24.3 Å². The molecule has 3 N–H and O–H groups in total. The molecule has 10 nitrogen and oxygen atoms in total. The molecule has 0 saturated heterocycles. The molecule has 0 aliphatic rings. The lowest BCUT2D eigenvalue weighted by Gasteiger charge is -2.38. The van der Waals surface area contributed by atoms with E-state index in [1.54, 1.807) is 52.8 Å². The van der Waals surface area contributed by atoms with Crippen LogP contribution >= 0.6 is 11.8 Å². The summed E-state index contributed by atoms with van der Waals surface area (Å²) in [6.45, 7) is 12.5. The number of aryl methyl sites for hydroxylation is 1. The Kier molecular flexibility index (Phi) is 14.2. The Labute approximate surface area is 236 Å². The minimum absolute atomic E-state index is 0.00462. The van der Waals surface area contributed by atoms with Crippen molar-refractivity contribution in [2.75, 3.05) is 25.2 Å². The number of esters is 1. The van der Waals surface area contributed by atoms with Crippen molar-refractivity contribution in [2.45, 2.75) is 91.5 Å². The van der Waals surface area contributed by atoms with Crippen molar-refractivity contribution < 1.29 is 33.8 Å². The van der Waals surface area contributed by atoms with Crippen LogP contribution in [0.3, 0.4) is 0 Å². The summed E-state index contributed by atoms with van der Waals surface area (Å²) in [5.74, 6) is -1.02. The van der Waals surface area contributed by atoms with Gasteiger partial charge in [0.2, 0.25) is 11.8 Å². The van der Waals surface area contributed by atoms with Gasteiger partial charge in [0.1, 0.15) is 23.4 Å². The number of benzene rings is 1. The molecule has 0 aromatic heterocycles. The van der Waals surface area contributed by atoms with Gasteiger partial charge in [-0.2, -0.15) is 11.8 Å². The summed E-state index contributed by atoms with van der Waals surface area (Å²) in [7, 11) is 0. The third-order valence-electron chi connectivity index (χ3n) is 5.94.